The first-order chi connectivity index (χ1) is 12.3. The Balaban J connectivity index is 2.01. The van der Waals surface area contributed by atoms with E-state index in [1.165, 1.54) is 18.2 Å². The van der Waals surface area contributed by atoms with Crippen LogP contribution in [0, 0.1) is 24.5 Å². The highest BCUT2D eigenvalue weighted by molar-refractivity contribution is 8.03. The van der Waals surface area contributed by atoms with Crippen molar-refractivity contribution in [3.05, 3.63) is 57.1 Å². The Hall–Kier alpha value is -2.20. The zero-order valence-corrected chi connectivity index (χ0v) is 16.3. The number of amides is 1. The van der Waals surface area contributed by atoms with Crippen LogP contribution in [0.25, 0.3) is 0 Å². The van der Waals surface area contributed by atoms with Gasteiger partial charge in [-0.2, -0.15) is 5.26 Å². The van der Waals surface area contributed by atoms with Crippen molar-refractivity contribution >= 4 is 52.5 Å². The molecule has 5 nitrogen and oxygen atoms in total. The predicted molar refractivity (Wildman–Crippen MR) is 103 cm³/mol. The van der Waals surface area contributed by atoms with E-state index in [2.05, 4.69) is 5.32 Å². The van der Waals surface area contributed by atoms with Crippen molar-refractivity contribution in [3.63, 3.8) is 0 Å². The number of aryl methyl sites for hydroxylation is 2. The third-order valence-electron chi connectivity index (χ3n) is 3.42. The van der Waals surface area contributed by atoms with Crippen molar-refractivity contribution in [2.24, 2.45) is 0 Å². The molecule has 0 heterocycles. The molecule has 0 bridgehead atoms. The van der Waals surface area contributed by atoms with E-state index in [1.807, 2.05) is 19.2 Å². The van der Waals surface area contributed by atoms with Crippen molar-refractivity contribution in [1.82, 2.24) is 0 Å². The van der Waals surface area contributed by atoms with Crippen LogP contribution in [0.5, 0.6) is 0 Å². The minimum atomic E-state index is -0.712. The SMILES string of the molecule is Cc1cc(SC#N)cc(C)c1NC(=O)COC(=O)c1ccc(Cl)cc1Cl. The van der Waals surface area contributed by atoms with E-state index in [0.29, 0.717) is 10.7 Å². The highest BCUT2D eigenvalue weighted by atomic mass is 35.5. The highest BCUT2D eigenvalue weighted by Crippen LogP contribution is 2.27. The monoisotopic (exact) mass is 408 g/mol. The first-order valence-corrected chi connectivity index (χ1v) is 8.98. The molecule has 0 atom stereocenters. The molecule has 0 fully saturated rings. The van der Waals surface area contributed by atoms with Gasteiger partial charge in [0.05, 0.1) is 10.6 Å². The molecule has 1 amide bonds. The molecule has 0 saturated carbocycles. The molecule has 134 valence electrons. The first kappa shape index (κ1) is 20.1. The summed E-state index contributed by atoms with van der Waals surface area (Å²) in [5, 5.41) is 14.0. The Bertz CT molecular complexity index is 887. The number of rotatable bonds is 5. The lowest BCUT2D eigenvalue weighted by Gasteiger charge is -2.13. The minimum Gasteiger partial charge on any atom is -0.452 e. The summed E-state index contributed by atoms with van der Waals surface area (Å²) in [5.74, 6) is -1.19. The van der Waals surface area contributed by atoms with Gasteiger partial charge in [0.25, 0.3) is 5.91 Å². The molecule has 1 N–H and O–H groups in total. The molecule has 2 aromatic rings. The van der Waals surface area contributed by atoms with Gasteiger partial charge in [0.15, 0.2) is 6.61 Å². The number of nitrogens with one attached hydrogen (secondary N) is 1. The van der Waals surface area contributed by atoms with E-state index in [9.17, 15) is 9.59 Å². The summed E-state index contributed by atoms with van der Waals surface area (Å²) < 4.78 is 5.00. The van der Waals surface area contributed by atoms with Crippen molar-refractivity contribution in [3.8, 4) is 5.40 Å². The standard InChI is InChI=1S/C18H14Cl2N2O3S/c1-10-5-13(26-9-21)6-11(2)17(10)22-16(23)8-25-18(24)14-4-3-12(19)7-15(14)20/h3-7H,8H2,1-2H3,(H,22,23). The lowest BCUT2D eigenvalue weighted by Crippen LogP contribution is -2.22. The fourth-order valence-corrected chi connectivity index (χ4v) is 3.33. The maximum Gasteiger partial charge on any atom is 0.340 e. The number of thioether (sulfide) groups is 1. The number of ether oxygens (including phenoxy) is 1. The molecule has 0 saturated heterocycles. The Kier molecular flexibility index (Phi) is 6.92. The Labute approximate surface area is 165 Å². The molecule has 2 rings (SSSR count). The minimum absolute atomic E-state index is 0.133. The number of benzene rings is 2. The Morgan fingerprint density at radius 1 is 1.19 bits per heavy atom. The largest absolute Gasteiger partial charge is 0.452 e. The van der Waals surface area contributed by atoms with Crippen molar-refractivity contribution < 1.29 is 14.3 Å². The number of hydrogen-bond acceptors (Lipinski definition) is 5. The predicted octanol–water partition coefficient (Wildman–Crippen LogP) is 4.98. The van der Waals surface area contributed by atoms with Crippen LogP contribution in [0.4, 0.5) is 5.69 Å². The van der Waals surface area contributed by atoms with Crippen LogP contribution in [0.15, 0.2) is 35.2 Å². The Morgan fingerprint density at radius 3 is 2.42 bits per heavy atom. The van der Waals surface area contributed by atoms with Gasteiger partial charge in [0.2, 0.25) is 0 Å². The summed E-state index contributed by atoms with van der Waals surface area (Å²) in [7, 11) is 0. The highest BCUT2D eigenvalue weighted by Gasteiger charge is 2.15. The van der Waals surface area contributed by atoms with Crippen LogP contribution >= 0.6 is 35.0 Å². The third kappa shape index (κ3) is 5.15. The molecule has 0 radical (unpaired) electrons. The van der Waals surface area contributed by atoms with Gasteiger partial charge in [-0.05, 0) is 67.1 Å². The first-order valence-electron chi connectivity index (χ1n) is 7.41. The topological polar surface area (TPSA) is 79.2 Å². The fourth-order valence-electron chi connectivity index (χ4n) is 2.27. The van der Waals surface area contributed by atoms with Crippen molar-refractivity contribution in [1.29, 1.82) is 5.26 Å². The summed E-state index contributed by atoms with van der Waals surface area (Å²) in [4.78, 5) is 24.9. The number of nitriles is 1. The zero-order chi connectivity index (χ0) is 19.3. The summed E-state index contributed by atoms with van der Waals surface area (Å²) in [5.41, 5.74) is 2.37. The average Bonchev–Trinajstić information content (AvgIpc) is 2.56. The molecule has 0 aliphatic carbocycles. The van der Waals surface area contributed by atoms with Gasteiger partial charge >= 0.3 is 5.97 Å². The number of carbonyl (C=O) groups is 2. The van der Waals surface area contributed by atoms with Gasteiger partial charge < -0.3 is 10.1 Å². The molecular formula is C18H14Cl2N2O3S. The molecule has 0 aliphatic heterocycles. The summed E-state index contributed by atoms with van der Waals surface area (Å²) in [6, 6.07) is 7.97. The summed E-state index contributed by atoms with van der Waals surface area (Å²) >= 11 is 12.8. The van der Waals surface area contributed by atoms with E-state index < -0.39 is 18.5 Å². The number of hydrogen-bond donors (Lipinski definition) is 1. The van der Waals surface area contributed by atoms with Crippen LogP contribution in [-0.2, 0) is 9.53 Å². The summed E-state index contributed by atoms with van der Waals surface area (Å²) in [6.07, 6.45) is 0. The molecule has 0 aliphatic rings. The average molecular weight is 409 g/mol. The second-order valence-electron chi connectivity index (χ2n) is 5.37. The molecular weight excluding hydrogens is 395 g/mol. The van der Waals surface area contributed by atoms with Gasteiger partial charge in [0, 0.05) is 15.6 Å². The van der Waals surface area contributed by atoms with Crippen LogP contribution in [0.1, 0.15) is 21.5 Å². The van der Waals surface area contributed by atoms with E-state index in [4.69, 9.17) is 33.2 Å². The Morgan fingerprint density at radius 2 is 1.85 bits per heavy atom. The third-order valence-corrected chi connectivity index (χ3v) is 4.53. The normalized spacial score (nSPS) is 10.1. The fraction of sp³-hybridized carbons (Fsp3) is 0.167. The van der Waals surface area contributed by atoms with Crippen molar-refractivity contribution in [2.45, 2.75) is 18.7 Å². The summed E-state index contributed by atoms with van der Waals surface area (Å²) in [6.45, 7) is 3.19. The number of esters is 1. The zero-order valence-electron chi connectivity index (χ0n) is 13.9. The molecule has 26 heavy (non-hydrogen) atoms. The van der Waals surface area contributed by atoms with Crippen LogP contribution in [0.3, 0.4) is 0 Å². The number of carbonyl (C=O) groups excluding carboxylic acids is 2. The quantitative estimate of drug-likeness (QED) is 0.428. The number of halogens is 2. The van der Waals surface area contributed by atoms with Gasteiger partial charge in [0.1, 0.15) is 5.40 Å². The maximum atomic E-state index is 12.1. The number of thiocyanates is 1. The maximum absolute atomic E-state index is 12.1. The molecule has 2 aromatic carbocycles. The van der Waals surface area contributed by atoms with Crippen molar-refractivity contribution in [2.75, 3.05) is 11.9 Å². The molecule has 8 heteroatoms. The van der Waals surface area contributed by atoms with Gasteiger partial charge in [-0.3, -0.25) is 4.79 Å². The van der Waals surface area contributed by atoms with E-state index in [1.54, 1.807) is 12.1 Å². The van der Waals surface area contributed by atoms with Crippen LogP contribution < -0.4 is 5.32 Å². The van der Waals surface area contributed by atoms with Gasteiger partial charge in [-0.1, -0.05) is 23.2 Å². The molecule has 0 unspecified atom stereocenters. The number of anilines is 1. The van der Waals surface area contributed by atoms with Crippen LogP contribution in [0.2, 0.25) is 10.0 Å². The number of nitrogens with zero attached hydrogens (tertiary/aromatic N) is 1. The second kappa shape index (κ2) is 8.95. The van der Waals surface area contributed by atoms with E-state index in [0.717, 1.165) is 27.8 Å². The van der Waals surface area contributed by atoms with Gasteiger partial charge in [-0.25, -0.2) is 4.79 Å². The lowest BCUT2D eigenvalue weighted by atomic mass is 10.1. The lowest BCUT2D eigenvalue weighted by molar-refractivity contribution is -0.119. The smallest absolute Gasteiger partial charge is 0.340 e. The van der Waals surface area contributed by atoms with Crippen LogP contribution in [-0.4, -0.2) is 18.5 Å². The molecule has 0 aromatic heterocycles. The molecule has 0 spiro atoms. The van der Waals surface area contributed by atoms with Gasteiger partial charge in [-0.15, -0.1) is 0 Å². The van der Waals surface area contributed by atoms with E-state index in [-0.39, 0.29) is 10.6 Å². The van der Waals surface area contributed by atoms with E-state index >= 15 is 0 Å². The second-order valence-corrected chi connectivity index (χ2v) is 7.08.